The van der Waals surface area contributed by atoms with Gasteiger partial charge < -0.3 is 18.9 Å². The van der Waals surface area contributed by atoms with Gasteiger partial charge in [-0.1, -0.05) is 39.6 Å². The first-order chi connectivity index (χ1) is 19.8. The van der Waals surface area contributed by atoms with Crippen molar-refractivity contribution in [2.45, 2.75) is 74.9 Å². The number of pyridine rings is 1. The minimum absolute atomic E-state index is 0.00555. The molecule has 0 radical (unpaired) electrons. The number of ether oxygens (including phenoxy) is 1. The van der Waals surface area contributed by atoms with Crippen LogP contribution in [0.15, 0.2) is 39.6 Å². The Bertz CT molecular complexity index is 1620. The van der Waals surface area contributed by atoms with E-state index in [0.29, 0.717) is 39.7 Å². The van der Waals surface area contributed by atoms with Crippen LogP contribution in [0, 0.1) is 5.82 Å². The predicted molar refractivity (Wildman–Crippen MR) is 145 cm³/mol. The van der Waals surface area contributed by atoms with Crippen LogP contribution in [0.4, 0.5) is 4.39 Å². The summed E-state index contributed by atoms with van der Waals surface area (Å²) < 4.78 is 32.9. The molecule has 4 saturated carbocycles. The first kappa shape index (κ1) is 26.6. The highest BCUT2D eigenvalue weighted by Crippen LogP contribution is 2.55. The molecule has 0 aliphatic heterocycles. The summed E-state index contributed by atoms with van der Waals surface area (Å²) in [7, 11) is 0. The quantitative estimate of drug-likeness (QED) is 0.221. The van der Waals surface area contributed by atoms with Gasteiger partial charge >= 0.3 is 5.97 Å². The minimum Gasteiger partial charge on any atom is -0.478 e. The predicted octanol–water partition coefficient (Wildman–Crippen LogP) is 7.37. The minimum atomic E-state index is -1.35. The zero-order chi connectivity index (χ0) is 28.4. The van der Waals surface area contributed by atoms with Gasteiger partial charge in [0.2, 0.25) is 11.7 Å². The lowest BCUT2D eigenvalue weighted by Gasteiger charge is -2.51. The van der Waals surface area contributed by atoms with Crippen LogP contribution in [0.5, 0.6) is 0 Å². The summed E-state index contributed by atoms with van der Waals surface area (Å²) in [6, 6.07) is 4.13. The number of fused-ring (bicyclic) bond motifs is 3. The maximum absolute atomic E-state index is 14.8. The molecule has 9 nitrogen and oxygen atoms in total. The van der Waals surface area contributed by atoms with Crippen LogP contribution >= 0.6 is 23.2 Å². The molecule has 41 heavy (non-hydrogen) atoms. The maximum atomic E-state index is 14.8. The van der Waals surface area contributed by atoms with Crippen LogP contribution in [0.3, 0.4) is 0 Å². The fraction of sp³-hybridized carbons (Fsp3) is 0.414. The smallest absolute Gasteiger partial charge is 0.338 e. The van der Waals surface area contributed by atoms with Crippen molar-refractivity contribution in [3.8, 4) is 22.6 Å². The van der Waals surface area contributed by atoms with E-state index in [9.17, 15) is 14.3 Å². The van der Waals surface area contributed by atoms with Crippen molar-refractivity contribution in [1.29, 1.82) is 0 Å². The van der Waals surface area contributed by atoms with Gasteiger partial charge in [0.1, 0.15) is 17.3 Å². The fourth-order valence-corrected chi connectivity index (χ4v) is 6.84. The average Bonchev–Trinajstić information content (AvgIpc) is 3.53. The number of aromatic nitrogens is 4. The van der Waals surface area contributed by atoms with E-state index in [0.717, 1.165) is 62.7 Å². The molecule has 4 aliphatic rings. The number of nitrogens with zero attached hydrogens (tertiary/aromatic N) is 4. The van der Waals surface area contributed by atoms with Crippen molar-refractivity contribution in [2.75, 3.05) is 0 Å². The lowest BCUT2D eigenvalue weighted by atomic mass is 9.58. The summed E-state index contributed by atoms with van der Waals surface area (Å²) >= 11 is 12.9. The van der Waals surface area contributed by atoms with Gasteiger partial charge in [-0.15, -0.1) is 0 Å². The largest absolute Gasteiger partial charge is 0.478 e. The third-order valence-electron chi connectivity index (χ3n) is 8.91. The zero-order valence-corrected chi connectivity index (χ0v) is 23.3. The maximum Gasteiger partial charge on any atom is 0.338 e. The van der Waals surface area contributed by atoms with Crippen molar-refractivity contribution in [3.05, 3.63) is 69.2 Å². The molecule has 2 bridgehead atoms. The summed E-state index contributed by atoms with van der Waals surface area (Å²) in [5.41, 5.74) is 1.01. The Labute approximate surface area is 244 Å². The summed E-state index contributed by atoms with van der Waals surface area (Å²) in [5, 5.41) is 18.4. The van der Waals surface area contributed by atoms with E-state index >= 15 is 0 Å². The highest BCUT2D eigenvalue weighted by Gasteiger charge is 2.53. The molecule has 0 amide bonds. The van der Waals surface area contributed by atoms with Gasteiger partial charge in [0, 0.05) is 29.4 Å². The number of hydrogen-bond acceptors (Lipinski definition) is 8. The monoisotopic (exact) mass is 598 g/mol. The second-order valence-electron chi connectivity index (χ2n) is 11.3. The molecule has 4 aromatic rings. The number of carboxylic acids is 1. The number of rotatable bonds is 8. The highest BCUT2D eigenvalue weighted by molar-refractivity contribution is 6.38. The Morgan fingerprint density at radius 2 is 1.76 bits per heavy atom. The summed E-state index contributed by atoms with van der Waals surface area (Å²) in [6.07, 6.45) is 9.89. The number of carboxylic acid groups (broad SMARTS) is 1. The van der Waals surface area contributed by atoms with Crippen LogP contribution in [-0.2, 0) is 16.8 Å². The Morgan fingerprint density at radius 3 is 2.41 bits per heavy atom. The van der Waals surface area contributed by atoms with Crippen molar-refractivity contribution in [3.63, 3.8) is 0 Å². The molecule has 4 fully saturated rings. The van der Waals surface area contributed by atoms with E-state index in [2.05, 4.69) is 20.3 Å². The molecular formula is C29H25Cl2FN4O5. The second-order valence-corrected chi connectivity index (χ2v) is 12.1. The third kappa shape index (κ3) is 4.52. The first-order valence-electron chi connectivity index (χ1n) is 13.6. The van der Waals surface area contributed by atoms with E-state index < -0.39 is 17.3 Å². The molecule has 1 N–H and O–H groups in total. The lowest BCUT2D eigenvalue weighted by Crippen LogP contribution is -2.49. The van der Waals surface area contributed by atoms with E-state index in [1.807, 2.05) is 0 Å². The SMILES string of the molecule is O=C(O)c1cccc(-c2noc(C34CCC(OCc5c(-c6c(Cl)cncc6Cl)noc5C5CC5)(CC3)CC4)n2)c1F. The van der Waals surface area contributed by atoms with E-state index in [4.69, 9.17) is 37.0 Å². The van der Waals surface area contributed by atoms with Crippen molar-refractivity contribution in [1.82, 2.24) is 20.3 Å². The van der Waals surface area contributed by atoms with Crippen LogP contribution in [0.1, 0.15) is 84.9 Å². The Balaban J connectivity index is 1.10. The van der Waals surface area contributed by atoms with E-state index in [1.165, 1.54) is 18.2 Å². The van der Waals surface area contributed by atoms with Gasteiger partial charge in [0.05, 0.1) is 38.8 Å². The molecular weight excluding hydrogens is 574 g/mol. The molecule has 8 rings (SSSR count). The number of halogens is 3. The topological polar surface area (TPSA) is 124 Å². The molecule has 12 heteroatoms. The summed E-state index contributed by atoms with van der Waals surface area (Å²) in [6.45, 7) is 0.330. The van der Waals surface area contributed by atoms with Gasteiger partial charge in [0.25, 0.3) is 0 Å². The van der Waals surface area contributed by atoms with Crippen molar-refractivity contribution >= 4 is 29.2 Å². The van der Waals surface area contributed by atoms with Crippen LogP contribution in [-0.4, -0.2) is 37.0 Å². The molecule has 3 aromatic heterocycles. The Hall–Kier alpha value is -3.34. The number of hydrogen-bond donors (Lipinski definition) is 1. The highest BCUT2D eigenvalue weighted by atomic mass is 35.5. The third-order valence-corrected chi connectivity index (χ3v) is 9.48. The molecule has 0 unspecified atom stereocenters. The molecule has 0 saturated heterocycles. The van der Waals surface area contributed by atoms with Gasteiger partial charge in [-0.25, -0.2) is 9.18 Å². The fourth-order valence-electron chi connectivity index (χ4n) is 6.29. The van der Waals surface area contributed by atoms with Gasteiger partial charge in [-0.3, -0.25) is 4.98 Å². The molecule has 3 heterocycles. The number of aromatic carboxylic acids is 1. The van der Waals surface area contributed by atoms with Gasteiger partial charge in [-0.2, -0.15) is 4.98 Å². The molecule has 212 valence electrons. The number of benzene rings is 1. The average molecular weight is 599 g/mol. The van der Waals surface area contributed by atoms with Gasteiger partial charge in [-0.05, 0) is 63.5 Å². The summed E-state index contributed by atoms with van der Waals surface area (Å²) in [4.78, 5) is 20.0. The molecule has 1 aromatic carbocycles. The van der Waals surface area contributed by atoms with Crippen molar-refractivity contribution < 1.29 is 28.1 Å². The van der Waals surface area contributed by atoms with Crippen LogP contribution in [0.25, 0.3) is 22.6 Å². The lowest BCUT2D eigenvalue weighted by molar-refractivity contribution is -0.130. The van der Waals surface area contributed by atoms with E-state index in [1.54, 1.807) is 12.4 Å². The van der Waals surface area contributed by atoms with Crippen molar-refractivity contribution in [2.24, 2.45) is 0 Å². The molecule has 0 spiro atoms. The molecule has 0 atom stereocenters. The van der Waals surface area contributed by atoms with Crippen LogP contribution < -0.4 is 0 Å². The van der Waals surface area contributed by atoms with Gasteiger partial charge in [0.15, 0.2) is 0 Å². The zero-order valence-electron chi connectivity index (χ0n) is 21.8. The normalized spacial score (nSPS) is 23.7. The van der Waals surface area contributed by atoms with E-state index in [-0.39, 0.29) is 22.4 Å². The standard InChI is InChI=1S/C29H25Cl2FN4O5/c30-19-12-33-13-20(31)21(19)23-18(24(40-35-23)15-4-5-15)14-39-29-9-6-28(7-10-29,8-11-29)27-34-25(36-41-27)16-2-1-3-17(22(16)32)26(37)38/h1-3,12-13,15H,4-11,14H2,(H,37,38). The second kappa shape index (κ2) is 9.89. The Kier molecular flexibility index (Phi) is 6.40. The molecule has 4 aliphatic carbocycles. The van der Waals surface area contributed by atoms with Crippen LogP contribution in [0.2, 0.25) is 10.0 Å². The number of carbonyl (C=O) groups is 1. The Morgan fingerprint density at radius 1 is 1.05 bits per heavy atom. The first-order valence-corrected chi connectivity index (χ1v) is 14.3. The summed E-state index contributed by atoms with van der Waals surface area (Å²) in [5.74, 6) is -0.562.